The van der Waals surface area contributed by atoms with Gasteiger partial charge in [-0.2, -0.15) is 0 Å². The monoisotopic (exact) mass is 718 g/mol. The molecule has 5 amide bonds. The molecule has 14 heteroatoms. The van der Waals surface area contributed by atoms with Gasteiger partial charge in [-0.05, 0) is 92.8 Å². The van der Waals surface area contributed by atoms with Crippen LogP contribution in [0.2, 0.25) is 0 Å². The van der Waals surface area contributed by atoms with Gasteiger partial charge in [0.15, 0.2) is 0 Å². The molecule has 7 atom stereocenters. The van der Waals surface area contributed by atoms with Crippen molar-refractivity contribution >= 4 is 35.5 Å². The van der Waals surface area contributed by atoms with E-state index in [-0.39, 0.29) is 29.7 Å². The quantitative estimate of drug-likeness (QED) is 0.188. The van der Waals surface area contributed by atoms with Crippen LogP contribution in [0.5, 0.6) is 0 Å². The van der Waals surface area contributed by atoms with Crippen LogP contribution in [-0.2, 0) is 33.5 Å². The van der Waals surface area contributed by atoms with Gasteiger partial charge in [-0.15, -0.1) is 0 Å². The molecule has 288 valence electrons. The molecule has 1 saturated heterocycles. The van der Waals surface area contributed by atoms with Gasteiger partial charge in [-0.1, -0.05) is 41.0 Å². The van der Waals surface area contributed by atoms with Crippen molar-refractivity contribution in [1.82, 2.24) is 26.2 Å². The van der Waals surface area contributed by atoms with Crippen LogP contribution in [0.25, 0.3) is 0 Å². The molecule has 51 heavy (non-hydrogen) atoms. The summed E-state index contributed by atoms with van der Waals surface area (Å²) in [6.45, 7) is 7.58. The first-order chi connectivity index (χ1) is 24.1. The van der Waals surface area contributed by atoms with Crippen molar-refractivity contribution < 1.29 is 38.6 Å². The Morgan fingerprint density at radius 1 is 0.882 bits per heavy atom. The van der Waals surface area contributed by atoms with Gasteiger partial charge in [0.2, 0.25) is 29.5 Å². The van der Waals surface area contributed by atoms with Gasteiger partial charge >= 0.3 is 5.97 Å². The van der Waals surface area contributed by atoms with Crippen LogP contribution >= 0.6 is 0 Å². The lowest BCUT2D eigenvalue weighted by Gasteiger charge is -2.57. The van der Waals surface area contributed by atoms with Gasteiger partial charge in [0, 0.05) is 13.6 Å². The van der Waals surface area contributed by atoms with E-state index >= 15 is 0 Å². The SMILES string of the molecule is CCC(C)[C@@H]1NC(=O)[C@H](CC(C)C)N(C)C(=O)[C@H](C)[C@@H](CCC23CC4CC(CC(C4)C2)C3)OC(=O)CNC(=O)[C@H](CO)NC(=O)[C@H](CN)NC1=O. The first-order valence-corrected chi connectivity index (χ1v) is 19.1. The van der Waals surface area contributed by atoms with Crippen LogP contribution in [0.3, 0.4) is 0 Å². The summed E-state index contributed by atoms with van der Waals surface area (Å²) in [5.74, 6) is -2.93. The molecule has 1 unspecified atom stereocenters. The summed E-state index contributed by atoms with van der Waals surface area (Å²) in [5, 5.41) is 20.2. The Morgan fingerprint density at radius 3 is 2.00 bits per heavy atom. The van der Waals surface area contributed by atoms with Crippen LogP contribution in [0, 0.1) is 40.9 Å². The predicted octanol–water partition coefficient (Wildman–Crippen LogP) is 0.985. The van der Waals surface area contributed by atoms with Gasteiger partial charge in [0.1, 0.15) is 36.8 Å². The van der Waals surface area contributed by atoms with E-state index in [4.69, 9.17) is 10.5 Å². The van der Waals surface area contributed by atoms with Crippen LogP contribution in [0.1, 0.15) is 98.8 Å². The maximum Gasteiger partial charge on any atom is 0.325 e. The number of carbonyl (C=O) groups is 6. The van der Waals surface area contributed by atoms with E-state index in [1.807, 2.05) is 20.8 Å². The lowest BCUT2D eigenvalue weighted by molar-refractivity contribution is -0.159. The Kier molecular flexibility index (Phi) is 13.9. The second-order valence-electron chi connectivity index (χ2n) is 16.5. The highest BCUT2D eigenvalue weighted by atomic mass is 16.5. The van der Waals surface area contributed by atoms with E-state index in [1.54, 1.807) is 20.9 Å². The van der Waals surface area contributed by atoms with E-state index in [0.29, 0.717) is 19.3 Å². The molecule has 4 aliphatic carbocycles. The molecule has 1 aliphatic heterocycles. The van der Waals surface area contributed by atoms with Crippen molar-refractivity contribution in [3.8, 4) is 0 Å². The number of ether oxygens (including phenoxy) is 1. The molecule has 4 saturated carbocycles. The molecule has 7 N–H and O–H groups in total. The molecular weight excluding hydrogens is 656 g/mol. The average Bonchev–Trinajstić information content (AvgIpc) is 3.08. The summed E-state index contributed by atoms with van der Waals surface area (Å²) in [5.41, 5.74) is 5.99. The number of carbonyl (C=O) groups excluding carboxylic acids is 6. The third-order valence-corrected chi connectivity index (χ3v) is 12.1. The van der Waals surface area contributed by atoms with E-state index in [9.17, 15) is 33.9 Å². The minimum absolute atomic E-state index is 0.0156. The normalized spacial score (nSPS) is 36.3. The van der Waals surface area contributed by atoms with Crippen molar-refractivity contribution in [3.05, 3.63) is 0 Å². The number of aliphatic hydroxyl groups excluding tert-OH is 1. The fourth-order valence-corrected chi connectivity index (χ4v) is 9.38. The van der Waals surface area contributed by atoms with Gasteiger partial charge in [0.05, 0.1) is 12.5 Å². The molecule has 14 nitrogen and oxygen atoms in total. The zero-order chi connectivity index (χ0) is 37.6. The van der Waals surface area contributed by atoms with Gasteiger partial charge in [0.25, 0.3) is 0 Å². The van der Waals surface area contributed by atoms with E-state index in [0.717, 1.165) is 43.4 Å². The molecule has 0 spiro atoms. The van der Waals surface area contributed by atoms with E-state index < -0.39 is 78.9 Å². The highest BCUT2D eigenvalue weighted by Gasteiger charge is 2.51. The van der Waals surface area contributed by atoms with Crippen molar-refractivity contribution in [3.63, 3.8) is 0 Å². The summed E-state index contributed by atoms with van der Waals surface area (Å²) in [6.07, 6.45) is 8.60. The zero-order valence-corrected chi connectivity index (χ0v) is 31.4. The number of rotatable bonds is 9. The minimum atomic E-state index is -1.44. The van der Waals surface area contributed by atoms with Gasteiger partial charge in [-0.25, -0.2) is 0 Å². The van der Waals surface area contributed by atoms with Gasteiger partial charge in [-0.3, -0.25) is 28.8 Å². The summed E-state index contributed by atoms with van der Waals surface area (Å²) in [7, 11) is 1.56. The van der Waals surface area contributed by atoms with Crippen molar-refractivity contribution in [2.45, 2.75) is 129 Å². The number of aliphatic hydroxyl groups is 1. The second-order valence-corrected chi connectivity index (χ2v) is 16.5. The number of hydrogen-bond donors (Lipinski definition) is 6. The average molecular weight is 719 g/mol. The number of likely N-dealkylation sites (N-methyl/N-ethyl adjacent to an activating group) is 1. The Labute approximate surface area is 302 Å². The molecule has 5 rings (SSSR count). The topological polar surface area (TPSA) is 209 Å². The standard InChI is InChI=1S/C37H62N6O8/c1-7-21(4)31-35(49)40-26(17-38)33(47)41-27(19-44)32(46)39-18-30(45)51-29(8-9-37-14-23-11-24(15-37)13-25(12-23)16-37)22(5)36(50)43(6)28(10-20(2)3)34(48)42-31/h20-29,31,44H,7-19,38H2,1-6H3,(H,39,46)(H,40,49)(H,41,47)(H,42,48)/t21?,22-,23?,24?,25?,26+,27+,28+,29-,31+,37?/m1/s1. The third kappa shape index (κ3) is 10.00. The van der Waals surface area contributed by atoms with Crippen LogP contribution in [0.4, 0.5) is 0 Å². The highest BCUT2D eigenvalue weighted by molar-refractivity contribution is 5.96. The molecule has 5 aliphatic rings. The Hall–Kier alpha value is -3.26. The summed E-state index contributed by atoms with van der Waals surface area (Å²) < 4.78 is 5.98. The summed E-state index contributed by atoms with van der Waals surface area (Å²) in [4.78, 5) is 82.7. The number of nitrogens with two attached hydrogens (primary N) is 1. The molecule has 0 aromatic carbocycles. The second kappa shape index (κ2) is 17.5. The van der Waals surface area contributed by atoms with Gasteiger partial charge < -0.3 is 41.7 Å². The Bertz CT molecular complexity index is 1260. The van der Waals surface area contributed by atoms with Crippen LogP contribution in [0.15, 0.2) is 0 Å². The zero-order valence-electron chi connectivity index (χ0n) is 31.4. The molecule has 0 aromatic heterocycles. The Balaban J connectivity index is 1.65. The predicted molar refractivity (Wildman–Crippen MR) is 189 cm³/mol. The first kappa shape index (κ1) is 40.5. The molecular formula is C37H62N6O8. The number of nitrogens with zero attached hydrogens (tertiary/aromatic N) is 1. The third-order valence-electron chi connectivity index (χ3n) is 12.1. The number of cyclic esters (lactones) is 1. The lowest BCUT2D eigenvalue weighted by Crippen LogP contribution is -2.61. The molecule has 0 radical (unpaired) electrons. The molecule has 4 bridgehead atoms. The van der Waals surface area contributed by atoms with Crippen LogP contribution < -0.4 is 27.0 Å². The fraction of sp³-hybridized carbons (Fsp3) is 0.838. The van der Waals surface area contributed by atoms with Crippen molar-refractivity contribution in [2.24, 2.45) is 46.7 Å². The highest BCUT2D eigenvalue weighted by Crippen LogP contribution is 2.61. The van der Waals surface area contributed by atoms with E-state index in [2.05, 4.69) is 21.3 Å². The molecule has 1 heterocycles. The van der Waals surface area contributed by atoms with Crippen LogP contribution in [-0.4, -0.2) is 103 Å². The Morgan fingerprint density at radius 2 is 1.47 bits per heavy atom. The molecule has 5 fully saturated rings. The fourth-order valence-electron chi connectivity index (χ4n) is 9.38. The number of nitrogens with one attached hydrogen (secondary N) is 4. The number of hydrogen-bond acceptors (Lipinski definition) is 9. The molecule has 0 aromatic rings. The smallest absolute Gasteiger partial charge is 0.325 e. The first-order valence-electron chi connectivity index (χ1n) is 19.1. The van der Waals surface area contributed by atoms with Crippen molar-refractivity contribution in [2.75, 3.05) is 26.7 Å². The largest absolute Gasteiger partial charge is 0.460 e. The number of esters is 1. The lowest BCUT2D eigenvalue weighted by atomic mass is 9.48. The van der Waals surface area contributed by atoms with Crippen molar-refractivity contribution in [1.29, 1.82) is 0 Å². The maximum atomic E-state index is 14.3. The number of amides is 5. The summed E-state index contributed by atoms with van der Waals surface area (Å²) in [6, 6.07) is -4.73. The summed E-state index contributed by atoms with van der Waals surface area (Å²) >= 11 is 0. The van der Waals surface area contributed by atoms with E-state index in [1.165, 1.54) is 24.2 Å². The minimum Gasteiger partial charge on any atom is -0.460 e. The maximum absolute atomic E-state index is 14.3.